The first kappa shape index (κ1) is 16.3. The topological polar surface area (TPSA) is 23.6 Å². The van der Waals surface area contributed by atoms with E-state index in [0.717, 1.165) is 44.7 Å². The molecule has 3 nitrogen and oxygen atoms in total. The average molecular weight is 338 g/mol. The van der Waals surface area contributed by atoms with Crippen molar-refractivity contribution in [2.24, 2.45) is 5.92 Å². The van der Waals surface area contributed by atoms with Gasteiger partial charge in [-0.1, -0.05) is 42.5 Å². The van der Waals surface area contributed by atoms with E-state index < -0.39 is 0 Å². The summed E-state index contributed by atoms with van der Waals surface area (Å²) in [6.45, 7) is 3.99. The van der Waals surface area contributed by atoms with Crippen LogP contribution < -0.4 is 0 Å². The molecule has 1 amide bonds. The van der Waals surface area contributed by atoms with Crippen LogP contribution >= 0.6 is 0 Å². The maximum atomic E-state index is 13.3. The van der Waals surface area contributed by atoms with Crippen molar-refractivity contribution in [2.45, 2.75) is 18.9 Å². The van der Waals surface area contributed by atoms with Crippen LogP contribution in [0, 0.1) is 11.7 Å². The Hall–Kier alpha value is -2.20. The normalized spacial score (nSPS) is 23.5. The molecule has 1 aliphatic carbocycles. The standard InChI is InChI=1S/C21H23FN2O/c22-18-8-4-5-16(13-18)15-23-9-11-24(12-10-23)21(25)20-14-19(20)17-6-2-1-3-7-17/h1-8,13,19-20H,9-12,14-15H2. The van der Waals surface area contributed by atoms with Crippen LogP contribution in [0.5, 0.6) is 0 Å². The summed E-state index contributed by atoms with van der Waals surface area (Å²) in [5, 5.41) is 0. The molecule has 1 heterocycles. The smallest absolute Gasteiger partial charge is 0.226 e. The van der Waals surface area contributed by atoms with Crippen LogP contribution in [-0.4, -0.2) is 41.9 Å². The zero-order valence-corrected chi connectivity index (χ0v) is 14.3. The van der Waals surface area contributed by atoms with E-state index in [0.29, 0.717) is 11.8 Å². The van der Waals surface area contributed by atoms with Gasteiger partial charge in [0.15, 0.2) is 0 Å². The van der Waals surface area contributed by atoms with Crippen LogP contribution in [0.4, 0.5) is 4.39 Å². The number of benzene rings is 2. The summed E-state index contributed by atoms with van der Waals surface area (Å²) in [5.41, 5.74) is 2.27. The molecule has 0 N–H and O–H groups in total. The molecule has 2 unspecified atom stereocenters. The second kappa shape index (κ2) is 6.96. The molecule has 2 aliphatic rings. The highest BCUT2D eigenvalue weighted by Crippen LogP contribution is 2.48. The quantitative estimate of drug-likeness (QED) is 0.854. The first-order chi connectivity index (χ1) is 12.2. The van der Waals surface area contributed by atoms with Gasteiger partial charge in [-0.25, -0.2) is 4.39 Å². The molecule has 0 aromatic heterocycles. The number of halogens is 1. The number of carbonyl (C=O) groups excluding carboxylic acids is 1. The van der Waals surface area contributed by atoms with Gasteiger partial charge < -0.3 is 4.90 Å². The van der Waals surface area contributed by atoms with Crippen LogP contribution in [0.15, 0.2) is 54.6 Å². The zero-order valence-electron chi connectivity index (χ0n) is 14.3. The summed E-state index contributed by atoms with van der Waals surface area (Å²) in [6, 6.07) is 17.1. The number of hydrogen-bond acceptors (Lipinski definition) is 2. The molecule has 1 aliphatic heterocycles. The van der Waals surface area contributed by atoms with Gasteiger partial charge >= 0.3 is 0 Å². The Balaban J connectivity index is 1.28. The predicted molar refractivity (Wildman–Crippen MR) is 95.5 cm³/mol. The Morgan fingerprint density at radius 1 is 1.00 bits per heavy atom. The minimum atomic E-state index is -0.188. The zero-order chi connectivity index (χ0) is 17.2. The van der Waals surface area contributed by atoms with Gasteiger partial charge in [0.25, 0.3) is 0 Å². The van der Waals surface area contributed by atoms with E-state index in [-0.39, 0.29) is 11.7 Å². The first-order valence-electron chi connectivity index (χ1n) is 9.01. The summed E-state index contributed by atoms with van der Waals surface area (Å²) in [6.07, 6.45) is 0.979. The van der Waals surface area contributed by atoms with E-state index in [9.17, 15) is 9.18 Å². The maximum absolute atomic E-state index is 13.3. The van der Waals surface area contributed by atoms with Crippen molar-refractivity contribution in [2.75, 3.05) is 26.2 Å². The van der Waals surface area contributed by atoms with Crippen LogP contribution in [-0.2, 0) is 11.3 Å². The third-order valence-corrected chi connectivity index (χ3v) is 5.31. The molecule has 4 heteroatoms. The van der Waals surface area contributed by atoms with Gasteiger partial charge in [0.1, 0.15) is 5.82 Å². The van der Waals surface area contributed by atoms with Gasteiger partial charge in [0.2, 0.25) is 5.91 Å². The Morgan fingerprint density at radius 3 is 2.48 bits per heavy atom. The summed E-state index contributed by atoms with van der Waals surface area (Å²) >= 11 is 0. The molecular weight excluding hydrogens is 315 g/mol. The largest absolute Gasteiger partial charge is 0.340 e. The van der Waals surface area contributed by atoms with Gasteiger partial charge in [-0.05, 0) is 35.6 Å². The lowest BCUT2D eigenvalue weighted by Crippen LogP contribution is -2.48. The highest BCUT2D eigenvalue weighted by Gasteiger charge is 2.45. The summed E-state index contributed by atoms with van der Waals surface area (Å²) < 4.78 is 13.3. The monoisotopic (exact) mass is 338 g/mol. The molecule has 25 heavy (non-hydrogen) atoms. The molecule has 2 atom stereocenters. The highest BCUT2D eigenvalue weighted by atomic mass is 19.1. The van der Waals surface area contributed by atoms with Gasteiger partial charge in [-0.15, -0.1) is 0 Å². The summed E-state index contributed by atoms with van der Waals surface area (Å²) in [7, 11) is 0. The van der Waals surface area contributed by atoms with Crippen LogP contribution in [0.25, 0.3) is 0 Å². The SMILES string of the molecule is O=C(C1CC1c1ccccc1)N1CCN(Cc2cccc(F)c2)CC1. The van der Waals surface area contributed by atoms with Crippen molar-refractivity contribution < 1.29 is 9.18 Å². The third-order valence-electron chi connectivity index (χ3n) is 5.31. The average Bonchev–Trinajstić information content (AvgIpc) is 3.43. The lowest BCUT2D eigenvalue weighted by molar-refractivity contribution is -0.134. The van der Waals surface area contributed by atoms with E-state index in [1.807, 2.05) is 29.2 Å². The second-order valence-corrected chi connectivity index (χ2v) is 7.09. The van der Waals surface area contributed by atoms with Crippen molar-refractivity contribution in [3.8, 4) is 0 Å². The van der Waals surface area contributed by atoms with Gasteiger partial charge in [0, 0.05) is 38.6 Å². The Morgan fingerprint density at radius 2 is 1.76 bits per heavy atom. The number of carbonyl (C=O) groups is 1. The number of piperazine rings is 1. The molecule has 2 aromatic rings. The van der Waals surface area contributed by atoms with Crippen molar-refractivity contribution in [3.05, 3.63) is 71.5 Å². The lowest BCUT2D eigenvalue weighted by Gasteiger charge is -2.35. The first-order valence-corrected chi connectivity index (χ1v) is 9.01. The second-order valence-electron chi connectivity index (χ2n) is 7.09. The molecule has 0 spiro atoms. The number of hydrogen-bond donors (Lipinski definition) is 0. The number of amides is 1. The molecular formula is C21H23FN2O. The van der Waals surface area contributed by atoms with E-state index in [2.05, 4.69) is 17.0 Å². The van der Waals surface area contributed by atoms with Crippen molar-refractivity contribution >= 4 is 5.91 Å². The van der Waals surface area contributed by atoms with Crippen molar-refractivity contribution in [3.63, 3.8) is 0 Å². The van der Waals surface area contributed by atoms with Crippen molar-refractivity contribution in [1.29, 1.82) is 0 Å². The summed E-state index contributed by atoms with van der Waals surface area (Å²) in [4.78, 5) is 17.0. The Kier molecular flexibility index (Phi) is 4.53. The van der Waals surface area contributed by atoms with Crippen molar-refractivity contribution in [1.82, 2.24) is 9.80 Å². The molecule has 1 saturated heterocycles. The fourth-order valence-electron chi connectivity index (χ4n) is 3.79. The fourth-order valence-corrected chi connectivity index (χ4v) is 3.79. The predicted octanol–water partition coefficient (Wildman–Crippen LogP) is 3.27. The summed E-state index contributed by atoms with van der Waals surface area (Å²) in [5.74, 6) is 0.683. The third kappa shape index (κ3) is 3.74. The minimum Gasteiger partial charge on any atom is -0.340 e. The molecule has 0 radical (unpaired) electrons. The van der Waals surface area contributed by atoms with E-state index in [1.165, 1.54) is 11.6 Å². The van der Waals surface area contributed by atoms with E-state index in [1.54, 1.807) is 12.1 Å². The molecule has 1 saturated carbocycles. The molecule has 4 rings (SSSR count). The van der Waals surface area contributed by atoms with E-state index in [4.69, 9.17) is 0 Å². The molecule has 130 valence electrons. The minimum absolute atomic E-state index is 0.164. The highest BCUT2D eigenvalue weighted by molar-refractivity contribution is 5.83. The van der Waals surface area contributed by atoms with Gasteiger partial charge in [-0.2, -0.15) is 0 Å². The fraction of sp³-hybridized carbons (Fsp3) is 0.381. The van der Waals surface area contributed by atoms with Gasteiger partial charge in [-0.3, -0.25) is 9.69 Å². The number of nitrogens with zero attached hydrogens (tertiary/aromatic N) is 2. The van der Waals surface area contributed by atoms with Crippen LogP contribution in [0.3, 0.4) is 0 Å². The molecule has 2 fully saturated rings. The van der Waals surface area contributed by atoms with Gasteiger partial charge in [0.05, 0.1) is 0 Å². The Labute approximate surface area is 148 Å². The Bertz CT molecular complexity index is 741. The molecule has 0 bridgehead atoms. The van der Waals surface area contributed by atoms with Crippen LogP contribution in [0.2, 0.25) is 0 Å². The molecule has 2 aromatic carbocycles. The van der Waals surface area contributed by atoms with Crippen LogP contribution in [0.1, 0.15) is 23.5 Å². The maximum Gasteiger partial charge on any atom is 0.226 e. The van der Waals surface area contributed by atoms with E-state index >= 15 is 0 Å². The lowest BCUT2D eigenvalue weighted by atomic mass is 10.1. The number of rotatable bonds is 4.